The Hall–Kier alpha value is -3.31. The standard InChI is InChI=1S/C23H28N2O2S.C19H19Cl3N2OS/c1-16-5-6-20(11-17(16)2)28-14-23(26)21-12-19(4)22(13-18(21)3)24-15-25-7-9-27-10-8-25;1-4-24(3)11-23-18-7-12(2)14(9-17(18)22)19(25)10-26-13-5-6-15(20)16(21)8-13/h5-6,11-13,15H,7-10,14H2,1-4H3;5-9,11H,4,10H2,1-3H3/b24-15+;23-11-. The largest absolute Gasteiger partial charge is 0.378 e. The van der Waals surface area contributed by atoms with Crippen molar-refractivity contribution in [3.63, 3.8) is 0 Å². The first kappa shape index (κ1) is 43.4. The third kappa shape index (κ3) is 12.9. The number of aryl methyl sites for hydroxylation is 5. The number of carbonyl (C=O) groups excluding carboxylic acids is 2. The van der Waals surface area contributed by atoms with Crippen molar-refractivity contribution in [2.75, 3.05) is 51.4 Å². The summed E-state index contributed by atoms with van der Waals surface area (Å²) < 4.78 is 5.36. The highest BCUT2D eigenvalue weighted by Crippen LogP contribution is 2.32. The molecule has 1 fully saturated rings. The van der Waals surface area contributed by atoms with Crippen LogP contribution in [0.3, 0.4) is 0 Å². The maximum atomic E-state index is 12.8. The van der Waals surface area contributed by atoms with Crippen molar-refractivity contribution < 1.29 is 14.3 Å². The van der Waals surface area contributed by atoms with Gasteiger partial charge in [0.25, 0.3) is 0 Å². The fourth-order valence-corrected chi connectivity index (χ4v) is 7.48. The highest BCUT2D eigenvalue weighted by atomic mass is 35.5. The minimum atomic E-state index is 0.00155. The Balaban J connectivity index is 0.000000241. The number of halogens is 3. The van der Waals surface area contributed by atoms with Crippen LogP contribution in [0.1, 0.15) is 55.5 Å². The minimum Gasteiger partial charge on any atom is -0.378 e. The van der Waals surface area contributed by atoms with Gasteiger partial charge in [0.1, 0.15) is 0 Å². The molecule has 1 aliphatic rings. The molecule has 5 rings (SSSR count). The van der Waals surface area contributed by atoms with E-state index in [1.54, 1.807) is 36.3 Å². The number of ether oxygens (including phenoxy) is 1. The summed E-state index contributed by atoms with van der Waals surface area (Å²) in [6, 6.07) is 19.2. The lowest BCUT2D eigenvalue weighted by Crippen LogP contribution is -2.35. The first-order chi connectivity index (χ1) is 25.7. The van der Waals surface area contributed by atoms with Crippen molar-refractivity contribution in [3.8, 4) is 0 Å². The molecule has 0 N–H and O–H groups in total. The van der Waals surface area contributed by atoms with Gasteiger partial charge in [-0.05, 0) is 124 Å². The van der Waals surface area contributed by atoms with E-state index in [2.05, 4.69) is 46.9 Å². The number of ketones is 2. The van der Waals surface area contributed by atoms with E-state index < -0.39 is 0 Å². The molecule has 0 radical (unpaired) electrons. The zero-order chi connectivity index (χ0) is 39.4. The number of carbonyl (C=O) groups is 2. The molecule has 0 aromatic heterocycles. The fraction of sp³-hybridized carbons (Fsp3) is 0.333. The fourth-order valence-electron chi connectivity index (χ4n) is 5.21. The third-order valence-electron chi connectivity index (χ3n) is 8.85. The summed E-state index contributed by atoms with van der Waals surface area (Å²) in [5.74, 6) is 0.893. The van der Waals surface area contributed by atoms with E-state index in [0.717, 1.165) is 70.6 Å². The van der Waals surface area contributed by atoms with Gasteiger partial charge >= 0.3 is 0 Å². The van der Waals surface area contributed by atoms with Crippen LogP contribution in [0.25, 0.3) is 0 Å². The third-order valence-corrected chi connectivity index (χ3v) is 11.9. The number of benzene rings is 4. The summed E-state index contributed by atoms with van der Waals surface area (Å²) in [7, 11) is 1.93. The minimum absolute atomic E-state index is 0.00155. The maximum Gasteiger partial charge on any atom is 0.173 e. The first-order valence-electron chi connectivity index (χ1n) is 17.6. The number of nitrogens with zero attached hydrogens (tertiary/aromatic N) is 4. The van der Waals surface area contributed by atoms with Crippen molar-refractivity contribution in [2.24, 2.45) is 9.98 Å². The summed E-state index contributed by atoms with van der Waals surface area (Å²) in [5, 5.41) is 1.43. The van der Waals surface area contributed by atoms with Crippen molar-refractivity contribution in [1.82, 2.24) is 9.80 Å². The molecule has 0 aliphatic carbocycles. The van der Waals surface area contributed by atoms with Gasteiger partial charge in [-0.1, -0.05) is 40.9 Å². The Morgan fingerprint density at radius 1 is 0.704 bits per heavy atom. The molecule has 0 amide bonds. The van der Waals surface area contributed by atoms with Gasteiger partial charge in [-0.25, -0.2) is 9.98 Å². The lowest BCUT2D eigenvalue weighted by atomic mass is 10.0. The molecule has 0 bridgehead atoms. The van der Waals surface area contributed by atoms with Crippen LogP contribution < -0.4 is 0 Å². The molecular formula is C42H47Cl3N4O3S2. The second-order valence-corrected chi connectivity index (χ2v) is 16.3. The molecular weight excluding hydrogens is 779 g/mol. The molecule has 0 unspecified atom stereocenters. The van der Waals surface area contributed by atoms with Crippen LogP contribution in [0.4, 0.5) is 11.4 Å². The highest BCUT2D eigenvalue weighted by molar-refractivity contribution is 8.00. The van der Waals surface area contributed by atoms with Crippen molar-refractivity contribution in [1.29, 1.82) is 0 Å². The van der Waals surface area contributed by atoms with Crippen LogP contribution in [0.2, 0.25) is 15.1 Å². The van der Waals surface area contributed by atoms with Crippen LogP contribution in [0.5, 0.6) is 0 Å². The molecule has 1 heterocycles. The molecule has 0 atom stereocenters. The molecule has 7 nitrogen and oxygen atoms in total. The Labute approximate surface area is 343 Å². The van der Waals surface area contributed by atoms with E-state index in [1.807, 2.05) is 70.2 Å². The van der Waals surface area contributed by atoms with Gasteiger partial charge in [-0.3, -0.25) is 9.59 Å². The van der Waals surface area contributed by atoms with Gasteiger partial charge in [0.15, 0.2) is 11.6 Å². The van der Waals surface area contributed by atoms with Gasteiger partial charge < -0.3 is 14.5 Å². The van der Waals surface area contributed by atoms with E-state index >= 15 is 0 Å². The van der Waals surface area contributed by atoms with E-state index in [-0.39, 0.29) is 17.3 Å². The number of hydrogen-bond donors (Lipinski definition) is 0. The van der Waals surface area contributed by atoms with E-state index in [1.165, 1.54) is 22.9 Å². The molecule has 4 aromatic rings. The second kappa shape index (κ2) is 21.1. The number of Topliss-reactive ketones (excluding diaryl/α,β-unsaturated/α-hetero) is 2. The number of hydrogen-bond acceptors (Lipinski definition) is 7. The van der Waals surface area contributed by atoms with Crippen LogP contribution in [0, 0.1) is 34.6 Å². The number of morpholine rings is 1. The molecule has 1 aliphatic heterocycles. The van der Waals surface area contributed by atoms with Gasteiger partial charge in [0, 0.05) is 47.6 Å². The lowest BCUT2D eigenvalue weighted by molar-refractivity contribution is 0.0701. The molecule has 0 spiro atoms. The van der Waals surface area contributed by atoms with Gasteiger partial charge in [0.2, 0.25) is 0 Å². The van der Waals surface area contributed by atoms with Gasteiger partial charge in [-0.15, -0.1) is 23.5 Å². The molecule has 54 heavy (non-hydrogen) atoms. The molecule has 1 saturated heterocycles. The number of aliphatic imine (C=N–C) groups is 2. The molecule has 286 valence electrons. The Kier molecular flexibility index (Phi) is 17.0. The van der Waals surface area contributed by atoms with E-state index in [0.29, 0.717) is 32.1 Å². The summed E-state index contributed by atoms with van der Waals surface area (Å²) in [6.45, 7) is 16.2. The van der Waals surface area contributed by atoms with E-state index in [9.17, 15) is 9.59 Å². The summed E-state index contributed by atoms with van der Waals surface area (Å²) in [5.41, 5.74) is 8.34. The van der Waals surface area contributed by atoms with Crippen LogP contribution in [0.15, 0.2) is 80.4 Å². The summed E-state index contributed by atoms with van der Waals surface area (Å²) in [4.78, 5) is 40.5. The van der Waals surface area contributed by atoms with Crippen LogP contribution in [-0.4, -0.2) is 85.4 Å². The Bertz CT molecular complexity index is 2020. The quantitative estimate of drug-likeness (QED) is 0.0575. The van der Waals surface area contributed by atoms with Crippen molar-refractivity contribution in [3.05, 3.63) is 115 Å². The van der Waals surface area contributed by atoms with Crippen molar-refractivity contribution in [2.45, 2.75) is 51.3 Å². The topological polar surface area (TPSA) is 74.6 Å². The Morgan fingerprint density at radius 2 is 1.30 bits per heavy atom. The highest BCUT2D eigenvalue weighted by Gasteiger charge is 2.15. The van der Waals surface area contributed by atoms with Crippen molar-refractivity contribution >= 4 is 93.9 Å². The number of thioether (sulfide) groups is 2. The summed E-state index contributed by atoms with van der Waals surface area (Å²) >= 11 is 21.2. The Morgan fingerprint density at radius 3 is 1.91 bits per heavy atom. The molecule has 12 heteroatoms. The van der Waals surface area contributed by atoms with Crippen LogP contribution >= 0.6 is 58.3 Å². The predicted molar refractivity (Wildman–Crippen MR) is 232 cm³/mol. The zero-order valence-electron chi connectivity index (χ0n) is 31.8. The maximum absolute atomic E-state index is 12.8. The average Bonchev–Trinajstić information content (AvgIpc) is 3.16. The van der Waals surface area contributed by atoms with Gasteiger partial charge in [0.05, 0.1) is 63.8 Å². The van der Waals surface area contributed by atoms with Crippen LogP contribution in [-0.2, 0) is 4.74 Å². The van der Waals surface area contributed by atoms with E-state index in [4.69, 9.17) is 39.5 Å². The normalized spacial score (nSPS) is 13.0. The average molecular weight is 826 g/mol. The van der Waals surface area contributed by atoms with Gasteiger partial charge in [-0.2, -0.15) is 0 Å². The molecule has 4 aromatic carbocycles. The zero-order valence-corrected chi connectivity index (χ0v) is 35.7. The lowest BCUT2D eigenvalue weighted by Gasteiger charge is -2.24. The summed E-state index contributed by atoms with van der Waals surface area (Å²) in [6.07, 6.45) is 3.61. The monoisotopic (exact) mass is 824 g/mol. The first-order valence-corrected chi connectivity index (χ1v) is 20.7. The molecule has 0 saturated carbocycles. The predicted octanol–water partition coefficient (Wildman–Crippen LogP) is 11.4. The smallest absolute Gasteiger partial charge is 0.173 e. The SMILES string of the molecule is CCN(C)/C=N\c1cc(C)c(C(=O)CSc2ccc(Cl)c(Cl)c2)cc1Cl.Cc1ccc(SCC(=O)c2cc(C)c(/N=C/N3CCOCC3)cc2C)cc1C. The second-order valence-electron chi connectivity index (χ2n) is 13.0. The number of rotatable bonds is 13.